The lowest BCUT2D eigenvalue weighted by atomic mass is 9.76. The summed E-state index contributed by atoms with van der Waals surface area (Å²) in [4.78, 5) is 14.5. The summed E-state index contributed by atoms with van der Waals surface area (Å²) in [6.45, 7) is 4.91. The number of fused-ring (bicyclic) bond motifs is 1. The zero-order chi connectivity index (χ0) is 24.1. The molecule has 1 amide bonds. The van der Waals surface area contributed by atoms with E-state index in [4.69, 9.17) is 4.74 Å². The molecule has 1 N–H and O–H groups in total. The van der Waals surface area contributed by atoms with Crippen LogP contribution in [0, 0.1) is 5.82 Å². The van der Waals surface area contributed by atoms with E-state index in [1.165, 1.54) is 6.07 Å². The van der Waals surface area contributed by atoms with E-state index in [1.807, 2.05) is 42.5 Å². The minimum atomic E-state index is -0.530. The highest BCUT2D eigenvalue weighted by atomic mass is 19.1. The standard InChI is InChI=1S/C28H28FN3O2/c1-4-32-25-15-14-22(34-3)18-23(25)28(2,19-21-12-8-9-13-24(21)29)26(32)16-17-30-31-27(33)20-10-6-5-7-11-20/h5-18H,4,19H2,1-3H3,(H,31,33)/b26-16-,30-17+. The molecule has 0 saturated heterocycles. The van der Waals surface area contributed by atoms with E-state index in [0.29, 0.717) is 17.5 Å². The SMILES string of the molecule is CCN1/C(=C\C=N\NC(=O)c2ccccc2)C(C)(Cc2ccccc2F)c2cc(OC)ccc21. The summed E-state index contributed by atoms with van der Waals surface area (Å²) >= 11 is 0. The number of rotatable bonds is 7. The number of methoxy groups -OCH3 is 1. The van der Waals surface area contributed by atoms with Crippen LogP contribution in [0.4, 0.5) is 10.1 Å². The van der Waals surface area contributed by atoms with Crippen LogP contribution in [0.25, 0.3) is 0 Å². The number of allylic oxidation sites excluding steroid dienone is 2. The minimum Gasteiger partial charge on any atom is -0.497 e. The molecule has 0 aromatic heterocycles. The first-order valence-electron chi connectivity index (χ1n) is 11.3. The predicted octanol–water partition coefficient (Wildman–Crippen LogP) is 5.47. The molecule has 0 spiro atoms. The normalized spacial score (nSPS) is 18.4. The number of nitrogens with zero attached hydrogens (tertiary/aromatic N) is 2. The Morgan fingerprint density at radius 1 is 1.12 bits per heavy atom. The summed E-state index contributed by atoms with van der Waals surface area (Å²) in [6, 6.07) is 21.8. The third kappa shape index (κ3) is 4.44. The number of hydrogen-bond acceptors (Lipinski definition) is 4. The Hall–Kier alpha value is -3.93. The van der Waals surface area contributed by atoms with E-state index in [9.17, 15) is 9.18 Å². The number of benzene rings is 3. The van der Waals surface area contributed by atoms with Crippen LogP contribution in [0.1, 0.15) is 35.3 Å². The molecule has 0 radical (unpaired) electrons. The monoisotopic (exact) mass is 457 g/mol. The summed E-state index contributed by atoms with van der Waals surface area (Å²) in [7, 11) is 1.64. The van der Waals surface area contributed by atoms with Crippen LogP contribution in [0.5, 0.6) is 5.75 Å². The van der Waals surface area contributed by atoms with Gasteiger partial charge in [-0.25, -0.2) is 9.82 Å². The Morgan fingerprint density at radius 3 is 2.56 bits per heavy atom. The van der Waals surface area contributed by atoms with Crippen LogP contribution in [0.15, 0.2) is 89.7 Å². The molecule has 5 nitrogen and oxygen atoms in total. The number of halogens is 1. The smallest absolute Gasteiger partial charge is 0.271 e. The highest BCUT2D eigenvalue weighted by Gasteiger charge is 2.43. The lowest BCUT2D eigenvalue weighted by molar-refractivity contribution is 0.0955. The summed E-state index contributed by atoms with van der Waals surface area (Å²) < 4.78 is 20.2. The Labute approximate surface area is 199 Å². The second-order valence-corrected chi connectivity index (χ2v) is 8.36. The molecule has 0 aliphatic carbocycles. The van der Waals surface area contributed by atoms with Crippen LogP contribution in [0.2, 0.25) is 0 Å². The fourth-order valence-corrected chi connectivity index (χ4v) is 4.57. The number of hydrogen-bond donors (Lipinski definition) is 1. The van der Waals surface area contributed by atoms with Crippen LogP contribution in [-0.2, 0) is 11.8 Å². The van der Waals surface area contributed by atoms with Crippen LogP contribution >= 0.6 is 0 Å². The third-order valence-electron chi connectivity index (χ3n) is 6.27. The van der Waals surface area contributed by atoms with Crippen molar-refractivity contribution in [1.29, 1.82) is 0 Å². The van der Waals surface area contributed by atoms with Gasteiger partial charge in [-0.15, -0.1) is 0 Å². The number of ether oxygens (including phenoxy) is 1. The van der Waals surface area contributed by atoms with E-state index in [-0.39, 0.29) is 11.7 Å². The van der Waals surface area contributed by atoms with Gasteiger partial charge in [0.2, 0.25) is 0 Å². The van der Waals surface area contributed by atoms with Crippen molar-refractivity contribution in [2.75, 3.05) is 18.6 Å². The van der Waals surface area contributed by atoms with Crippen molar-refractivity contribution in [3.8, 4) is 5.75 Å². The predicted molar refractivity (Wildman–Crippen MR) is 134 cm³/mol. The van der Waals surface area contributed by atoms with Gasteiger partial charge in [0.15, 0.2) is 0 Å². The molecule has 1 aliphatic heterocycles. The van der Waals surface area contributed by atoms with Gasteiger partial charge >= 0.3 is 0 Å². The summed E-state index contributed by atoms with van der Waals surface area (Å²) in [6.07, 6.45) is 3.94. The molecule has 1 atom stereocenters. The van der Waals surface area contributed by atoms with Crippen molar-refractivity contribution >= 4 is 17.8 Å². The molecule has 1 unspecified atom stereocenters. The number of amides is 1. The van der Waals surface area contributed by atoms with E-state index in [0.717, 1.165) is 29.2 Å². The minimum absolute atomic E-state index is 0.230. The van der Waals surface area contributed by atoms with Gasteiger partial charge in [-0.2, -0.15) is 5.10 Å². The first-order chi connectivity index (χ1) is 16.5. The molecule has 1 heterocycles. The second-order valence-electron chi connectivity index (χ2n) is 8.36. The number of carbonyl (C=O) groups excluding carboxylic acids is 1. The fourth-order valence-electron chi connectivity index (χ4n) is 4.57. The summed E-state index contributed by atoms with van der Waals surface area (Å²) in [5.41, 5.74) is 6.29. The van der Waals surface area contributed by atoms with Gasteiger partial charge in [-0.3, -0.25) is 4.79 Å². The third-order valence-corrected chi connectivity index (χ3v) is 6.27. The number of carbonyl (C=O) groups is 1. The number of hydrazone groups is 1. The zero-order valence-electron chi connectivity index (χ0n) is 19.6. The van der Waals surface area contributed by atoms with Crippen molar-refractivity contribution in [3.05, 3.63) is 107 Å². The summed E-state index contributed by atoms with van der Waals surface area (Å²) in [5, 5.41) is 4.14. The van der Waals surface area contributed by atoms with Gasteiger partial charge in [0.25, 0.3) is 5.91 Å². The van der Waals surface area contributed by atoms with Crippen molar-refractivity contribution < 1.29 is 13.9 Å². The molecule has 0 saturated carbocycles. The van der Waals surface area contributed by atoms with Gasteiger partial charge in [-0.1, -0.05) is 36.4 Å². The van der Waals surface area contributed by atoms with Gasteiger partial charge in [0.1, 0.15) is 11.6 Å². The Bertz CT molecular complexity index is 1240. The highest BCUT2D eigenvalue weighted by Crippen LogP contribution is 2.50. The first kappa shape index (κ1) is 23.2. The molecule has 174 valence electrons. The van der Waals surface area contributed by atoms with E-state index in [1.54, 1.807) is 43.7 Å². The second kappa shape index (κ2) is 9.91. The molecule has 4 rings (SSSR count). The molecule has 34 heavy (non-hydrogen) atoms. The van der Waals surface area contributed by atoms with E-state index < -0.39 is 5.41 Å². The number of likely N-dealkylation sites (N-methyl/N-ethyl adjacent to an activating group) is 1. The molecular weight excluding hydrogens is 429 g/mol. The van der Waals surface area contributed by atoms with E-state index >= 15 is 0 Å². The molecule has 6 heteroatoms. The van der Waals surface area contributed by atoms with Crippen molar-refractivity contribution in [2.24, 2.45) is 5.10 Å². The van der Waals surface area contributed by atoms with E-state index in [2.05, 4.69) is 29.3 Å². The Kier molecular flexibility index (Phi) is 6.77. The Morgan fingerprint density at radius 2 is 1.85 bits per heavy atom. The molecule has 1 aliphatic rings. The highest BCUT2D eigenvalue weighted by molar-refractivity contribution is 5.94. The van der Waals surface area contributed by atoms with Gasteiger partial charge in [0, 0.05) is 35.1 Å². The average molecular weight is 458 g/mol. The molecule has 0 bridgehead atoms. The molecule has 0 fully saturated rings. The number of nitrogens with one attached hydrogen (secondary N) is 1. The Balaban J connectivity index is 1.70. The summed E-state index contributed by atoms with van der Waals surface area (Å²) in [5.74, 6) is 0.238. The molecule has 3 aromatic rings. The van der Waals surface area contributed by atoms with Crippen LogP contribution in [-0.4, -0.2) is 25.8 Å². The largest absolute Gasteiger partial charge is 0.497 e. The quantitative estimate of drug-likeness (QED) is 0.378. The molecular formula is C28H28FN3O2. The maximum absolute atomic E-state index is 14.7. The molecule has 3 aromatic carbocycles. The van der Waals surface area contributed by atoms with Crippen molar-refractivity contribution in [3.63, 3.8) is 0 Å². The zero-order valence-corrected chi connectivity index (χ0v) is 19.6. The lowest BCUT2D eigenvalue weighted by Gasteiger charge is -2.30. The number of anilines is 1. The first-order valence-corrected chi connectivity index (χ1v) is 11.3. The fraction of sp³-hybridized carbons (Fsp3) is 0.214. The van der Waals surface area contributed by atoms with Gasteiger partial charge in [0.05, 0.1) is 7.11 Å². The van der Waals surface area contributed by atoms with Gasteiger partial charge in [-0.05, 0) is 73.9 Å². The van der Waals surface area contributed by atoms with Gasteiger partial charge < -0.3 is 9.64 Å². The van der Waals surface area contributed by atoms with Crippen molar-refractivity contribution in [2.45, 2.75) is 25.7 Å². The lowest BCUT2D eigenvalue weighted by Crippen LogP contribution is -2.31. The van der Waals surface area contributed by atoms with Crippen molar-refractivity contribution in [1.82, 2.24) is 5.43 Å². The maximum Gasteiger partial charge on any atom is 0.271 e. The average Bonchev–Trinajstić information content (AvgIpc) is 3.10. The maximum atomic E-state index is 14.7. The van der Waals surface area contributed by atoms with Crippen LogP contribution in [0.3, 0.4) is 0 Å². The topological polar surface area (TPSA) is 53.9 Å². The van der Waals surface area contributed by atoms with Crippen LogP contribution < -0.4 is 15.1 Å².